The van der Waals surface area contributed by atoms with Gasteiger partial charge in [0.25, 0.3) is 0 Å². The van der Waals surface area contributed by atoms with Gasteiger partial charge in [0, 0.05) is 39.7 Å². The van der Waals surface area contributed by atoms with Crippen molar-refractivity contribution >= 4 is 5.91 Å². The lowest BCUT2D eigenvalue weighted by Gasteiger charge is -2.43. The maximum absolute atomic E-state index is 12.9. The van der Waals surface area contributed by atoms with Gasteiger partial charge in [-0.05, 0) is 30.5 Å². The molecule has 1 fully saturated rings. The SMILES string of the molecule is COCCN(Cc1ccncc1)C(=O)C1(COC)CCC1. The molecule has 1 aromatic heterocycles. The van der Waals surface area contributed by atoms with Crippen LogP contribution in [0.1, 0.15) is 24.8 Å². The highest BCUT2D eigenvalue weighted by molar-refractivity contribution is 5.83. The Hall–Kier alpha value is -1.46. The molecule has 1 aliphatic rings. The molecule has 5 heteroatoms. The topological polar surface area (TPSA) is 51.7 Å². The van der Waals surface area contributed by atoms with E-state index in [-0.39, 0.29) is 11.3 Å². The number of carbonyl (C=O) groups excluding carboxylic acids is 1. The Kier molecular flexibility index (Phi) is 5.70. The van der Waals surface area contributed by atoms with Crippen molar-refractivity contribution in [2.45, 2.75) is 25.8 Å². The average Bonchev–Trinajstić information content (AvgIpc) is 2.47. The Morgan fingerprint density at radius 3 is 2.52 bits per heavy atom. The van der Waals surface area contributed by atoms with Crippen LogP contribution in [0, 0.1) is 5.41 Å². The molecule has 0 spiro atoms. The van der Waals surface area contributed by atoms with Crippen LogP contribution in [0.5, 0.6) is 0 Å². The number of methoxy groups -OCH3 is 2. The van der Waals surface area contributed by atoms with Gasteiger partial charge < -0.3 is 14.4 Å². The predicted molar refractivity (Wildman–Crippen MR) is 79.7 cm³/mol. The third-order valence-electron chi connectivity index (χ3n) is 4.16. The van der Waals surface area contributed by atoms with Gasteiger partial charge in [0.15, 0.2) is 0 Å². The van der Waals surface area contributed by atoms with Crippen molar-refractivity contribution in [3.8, 4) is 0 Å². The van der Waals surface area contributed by atoms with Gasteiger partial charge in [-0.2, -0.15) is 0 Å². The summed E-state index contributed by atoms with van der Waals surface area (Å²) in [4.78, 5) is 18.8. The summed E-state index contributed by atoms with van der Waals surface area (Å²) < 4.78 is 10.4. The first-order valence-electron chi connectivity index (χ1n) is 7.38. The molecule has 0 unspecified atom stereocenters. The molecular weight excluding hydrogens is 268 g/mol. The van der Waals surface area contributed by atoms with Crippen molar-refractivity contribution in [2.24, 2.45) is 5.41 Å². The number of rotatable bonds is 8. The van der Waals surface area contributed by atoms with Crippen LogP contribution >= 0.6 is 0 Å². The summed E-state index contributed by atoms with van der Waals surface area (Å²) >= 11 is 0. The summed E-state index contributed by atoms with van der Waals surface area (Å²) in [5.41, 5.74) is 0.761. The molecule has 1 heterocycles. The molecule has 0 atom stereocenters. The Balaban J connectivity index is 2.09. The van der Waals surface area contributed by atoms with E-state index in [1.54, 1.807) is 26.6 Å². The van der Waals surface area contributed by atoms with Gasteiger partial charge in [-0.15, -0.1) is 0 Å². The molecule has 21 heavy (non-hydrogen) atoms. The van der Waals surface area contributed by atoms with Gasteiger partial charge in [-0.3, -0.25) is 9.78 Å². The summed E-state index contributed by atoms with van der Waals surface area (Å²) in [5, 5.41) is 0. The molecule has 0 aliphatic heterocycles. The molecule has 2 rings (SSSR count). The first-order valence-corrected chi connectivity index (χ1v) is 7.38. The van der Waals surface area contributed by atoms with E-state index < -0.39 is 0 Å². The molecule has 116 valence electrons. The number of ether oxygens (including phenoxy) is 2. The van der Waals surface area contributed by atoms with E-state index >= 15 is 0 Å². The van der Waals surface area contributed by atoms with Crippen LogP contribution in [0.2, 0.25) is 0 Å². The molecule has 1 aromatic rings. The van der Waals surface area contributed by atoms with Gasteiger partial charge >= 0.3 is 0 Å². The van der Waals surface area contributed by atoms with Crippen molar-refractivity contribution in [2.75, 3.05) is 34.0 Å². The minimum atomic E-state index is -0.324. The maximum Gasteiger partial charge on any atom is 0.231 e. The minimum absolute atomic E-state index is 0.185. The lowest BCUT2D eigenvalue weighted by atomic mass is 9.68. The smallest absolute Gasteiger partial charge is 0.231 e. The molecule has 0 aromatic carbocycles. The van der Waals surface area contributed by atoms with E-state index in [1.165, 1.54) is 0 Å². The van der Waals surface area contributed by atoms with E-state index in [0.717, 1.165) is 24.8 Å². The Morgan fingerprint density at radius 1 is 1.29 bits per heavy atom. The van der Waals surface area contributed by atoms with Crippen molar-refractivity contribution in [1.82, 2.24) is 9.88 Å². The van der Waals surface area contributed by atoms with E-state index in [9.17, 15) is 4.79 Å². The number of hydrogen-bond donors (Lipinski definition) is 0. The second-order valence-corrected chi connectivity index (χ2v) is 5.64. The Morgan fingerprint density at radius 2 is 2.00 bits per heavy atom. The monoisotopic (exact) mass is 292 g/mol. The lowest BCUT2D eigenvalue weighted by Crippen LogP contribution is -2.51. The van der Waals surface area contributed by atoms with Crippen LogP contribution < -0.4 is 0 Å². The number of amides is 1. The van der Waals surface area contributed by atoms with Crippen LogP contribution in [0.25, 0.3) is 0 Å². The predicted octanol–water partition coefficient (Wildman–Crippen LogP) is 1.87. The molecular formula is C16H24N2O3. The van der Waals surface area contributed by atoms with Gasteiger partial charge in [0.1, 0.15) is 0 Å². The van der Waals surface area contributed by atoms with E-state index in [0.29, 0.717) is 26.3 Å². The van der Waals surface area contributed by atoms with E-state index in [1.807, 2.05) is 17.0 Å². The standard InChI is InChI=1S/C16H24N2O3/c1-20-11-10-18(12-14-4-8-17-9-5-14)15(19)16(13-21-2)6-3-7-16/h4-5,8-9H,3,6-7,10-13H2,1-2H3. The summed E-state index contributed by atoms with van der Waals surface area (Å²) in [7, 11) is 3.32. The van der Waals surface area contributed by atoms with Crippen molar-refractivity contribution in [1.29, 1.82) is 0 Å². The highest BCUT2D eigenvalue weighted by atomic mass is 16.5. The average molecular weight is 292 g/mol. The highest BCUT2D eigenvalue weighted by Crippen LogP contribution is 2.42. The van der Waals surface area contributed by atoms with Crippen LogP contribution in [-0.2, 0) is 20.8 Å². The molecule has 1 amide bonds. The highest BCUT2D eigenvalue weighted by Gasteiger charge is 2.46. The van der Waals surface area contributed by atoms with Gasteiger partial charge in [-0.1, -0.05) is 6.42 Å². The van der Waals surface area contributed by atoms with E-state index in [4.69, 9.17) is 9.47 Å². The summed E-state index contributed by atoms with van der Waals surface area (Å²) in [6, 6.07) is 3.88. The molecule has 1 saturated carbocycles. The first-order chi connectivity index (χ1) is 10.2. The first kappa shape index (κ1) is 15.9. The summed E-state index contributed by atoms with van der Waals surface area (Å²) in [6.45, 7) is 2.24. The van der Waals surface area contributed by atoms with Gasteiger partial charge in [0.2, 0.25) is 5.91 Å². The normalized spacial score (nSPS) is 16.3. The Bertz CT molecular complexity index is 446. The van der Waals surface area contributed by atoms with E-state index in [2.05, 4.69) is 4.98 Å². The second-order valence-electron chi connectivity index (χ2n) is 5.64. The zero-order valence-corrected chi connectivity index (χ0v) is 12.9. The fourth-order valence-electron chi connectivity index (χ4n) is 2.80. The number of aromatic nitrogens is 1. The summed E-state index contributed by atoms with van der Waals surface area (Å²) in [6.07, 6.45) is 6.44. The van der Waals surface area contributed by atoms with Gasteiger partial charge in [0.05, 0.1) is 18.6 Å². The molecule has 0 N–H and O–H groups in total. The Labute approximate surface area is 126 Å². The zero-order valence-electron chi connectivity index (χ0n) is 12.9. The second kappa shape index (κ2) is 7.52. The number of nitrogens with zero attached hydrogens (tertiary/aromatic N) is 2. The van der Waals surface area contributed by atoms with Crippen molar-refractivity contribution in [3.05, 3.63) is 30.1 Å². The minimum Gasteiger partial charge on any atom is -0.384 e. The number of carbonyl (C=O) groups is 1. The van der Waals surface area contributed by atoms with Crippen LogP contribution in [-0.4, -0.2) is 49.8 Å². The zero-order chi connectivity index (χ0) is 15.1. The fraction of sp³-hybridized carbons (Fsp3) is 0.625. The summed E-state index contributed by atoms with van der Waals surface area (Å²) in [5.74, 6) is 0.185. The fourth-order valence-corrected chi connectivity index (χ4v) is 2.80. The third-order valence-corrected chi connectivity index (χ3v) is 4.16. The molecule has 0 saturated heterocycles. The molecule has 0 bridgehead atoms. The van der Waals surface area contributed by atoms with Gasteiger partial charge in [-0.25, -0.2) is 0 Å². The van der Waals surface area contributed by atoms with Crippen molar-refractivity contribution < 1.29 is 14.3 Å². The lowest BCUT2D eigenvalue weighted by molar-refractivity contribution is -0.153. The largest absolute Gasteiger partial charge is 0.384 e. The number of pyridine rings is 1. The molecule has 5 nitrogen and oxygen atoms in total. The molecule has 0 radical (unpaired) electrons. The third kappa shape index (κ3) is 3.80. The quantitative estimate of drug-likeness (QED) is 0.734. The van der Waals surface area contributed by atoms with Crippen LogP contribution in [0.15, 0.2) is 24.5 Å². The molecule has 1 aliphatic carbocycles. The van der Waals surface area contributed by atoms with Crippen LogP contribution in [0.4, 0.5) is 0 Å². The maximum atomic E-state index is 12.9. The van der Waals surface area contributed by atoms with Crippen molar-refractivity contribution in [3.63, 3.8) is 0 Å². The number of hydrogen-bond acceptors (Lipinski definition) is 4. The van der Waals surface area contributed by atoms with Crippen LogP contribution in [0.3, 0.4) is 0 Å².